The minimum absolute atomic E-state index is 0.0470. The second-order valence-electron chi connectivity index (χ2n) is 6.97. The molecule has 0 aromatic heterocycles. The predicted octanol–water partition coefficient (Wildman–Crippen LogP) is 2.79. The van der Waals surface area contributed by atoms with Crippen LogP contribution in [0.3, 0.4) is 0 Å². The van der Waals surface area contributed by atoms with Crippen molar-refractivity contribution in [3.05, 3.63) is 35.4 Å². The van der Waals surface area contributed by atoms with Crippen molar-refractivity contribution < 1.29 is 4.79 Å². The highest BCUT2D eigenvalue weighted by atomic mass is 16.1. The summed E-state index contributed by atoms with van der Waals surface area (Å²) in [5, 5.41) is 0. The van der Waals surface area contributed by atoms with Crippen molar-refractivity contribution in [2.75, 3.05) is 0 Å². The molecule has 0 spiro atoms. The molecule has 3 nitrogen and oxygen atoms in total. The third-order valence-corrected chi connectivity index (χ3v) is 5.93. The summed E-state index contributed by atoms with van der Waals surface area (Å²) in [6, 6.07) is 9.68. The van der Waals surface area contributed by atoms with E-state index in [2.05, 4.69) is 29.2 Å². The second kappa shape index (κ2) is 5.13. The standard InChI is InChI=1S/C18H24N2O/c19-18(21)17-11-13-6-2-4-8-15(13)20(17)16-10-9-12-5-1-3-7-14(12)16/h1,3,5,7,13,15-17H,2,4,6,8-11H2,(H2,19,21)/t13?,15?,16-,17?/m1/s1. The Kier molecular flexibility index (Phi) is 3.26. The maximum atomic E-state index is 12.0. The predicted molar refractivity (Wildman–Crippen MR) is 82.7 cm³/mol. The average Bonchev–Trinajstić information content (AvgIpc) is 3.07. The lowest BCUT2D eigenvalue weighted by atomic mass is 9.84. The number of hydrogen-bond acceptors (Lipinski definition) is 2. The van der Waals surface area contributed by atoms with Crippen LogP contribution in [0.1, 0.15) is 55.7 Å². The minimum Gasteiger partial charge on any atom is -0.368 e. The molecule has 3 aliphatic rings. The van der Waals surface area contributed by atoms with Gasteiger partial charge >= 0.3 is 0 Å². The summed E-state index contributed by atoms with van der Waals surface area (Å²) in [6.07, 6.45) is 8.41. The molecule has 3 heteroatoms. The normalized spacial score (nSPS) is 35.4. The van der Waals surface area contributed by atoms with Gasteiger partial charge in [0.2, 0.25) is 5.91 Å². The number of carbonyl (C=O) groups excluding carboxylic acids is 1. The zero-order valence-corrected chi connectivity index (χ0v) is 12.5. The highest BCUT2D eigenvalue weighted by Crippen LogP contribution is 2.47. The van der Waals surface area contributed by atoms with Gasteiger partial charge in [0.05, 0.1) is 6.04 Å². The Bertz CT molecular complexity index is 556. The maximum Gasteiger partial charge on any atom is 0.234 e. The number of rotatable bonds is 2. The second-order valence-corrected chi connectivity index (χ2v) is 6.97. The van der Waals surface area contributed by atoms with E-state index in [-0.39, 0.29) is 11.9 Å². The van der Waals surface area contributed by atoms with Crippen LogP contribution in [-0.4, -0.2) is 22.9 Å². The summed E-state index contributed by atoms with van der Waals surface area (Å²) < 4.78 is 0. The van der Waals surface area contributed by atoms with E-state index in [0.29, 0.717) is 18.0 Å². The van der Waals surface area contributed by atoms with Gasteiger partial charge in [-0.05, 0) is 49.1 Å². The van der Waals surface area contributed by atoms with Gasteiger partial charge in [0, 0.05) is 12.1 Å². The summed E-state index contributed by atoms with van der Waals surface area (Å²) in [5.41, 5.74) is 8.65. The number of hydrogen-bond donors (Lipinski definition) is 1. The zero-order valence-electron chi connectivity index (χ0n) is 12.5. The van der Waals surface area contributed by atoms with Crippen LogP contribution in [0.4, 0.5) is 0 Å². The van der Waals surface area contributed by atoms with E-state index in [9.17, 15) is 4.79 Å². The zero-order chi connectivity index (χ0) is 14.4. The SMILES string of the molecule is NC(=O)C1CC2CCCCC2N1[C@@H]1CCc2ccccc21. The molecule has 1 aromatic carbocycles. The average molecular weight is 284 g/mol. The van der Waals surface area contributed by atoms with Crippen LogP contribution in [0.25, 0.3) is 0 Å². The molecule has 0 radical (unpaired) electrons. The van der Waals surface area contributed by atoms with E-state index in [1.807, 2.05) is 0 Å². The van der Waals surface area contributed by atoms with Crippen molar-refractivity contribution in [1.82, 2.24) is 4.90 Å². The van der Waals surface area contributed by atoms with E-state index in [1.165, 1.54) is 36.8 Å². The molecule has 1 heterocycles. The van der Waals surface area contributed by atoms with Crippen LogP contribution in [0, 0.1) is 5.92 Å². The van der Waals surface area contributed by atoms with Crippen molar-refractivity contribution >= 4 is 5.91 Å². The molecule has 1 aliphatic heterocycles. The Morgan fingerprint density at radius 1 is 1.14 bits per heavy atom. The molecule has 1 saturated heterocycles. The molecule has 1 amide bonds. The van der Waals surface area contributed by atoms with Gasteiger partial charge in [-0.1, -0.05) is 37.1 Å². The molecular weight excluding hydrogens is 260 g/mol. The summed E-state index contributed by atoms with van der Waals surface area (Å²) in [4.78, 5) is 14.5. The summed E-state index contributed by atoms with van der Waals surface area (Å²) >= 11 is 0. The molecule has 0 bridgehead atoms. The fourth-order valence-electron chi connectivity index (χ4n) is 5.05. The molecule has 2 aliphatic carbocycles. The first kappa shape index (κ1) is 13.3. The highest BCUT2D eigenvalue weighted by Gasteiger charge is 2.48. The Balaban J connectivity index is 1.69. The van der Waals surface area contributed by atoms with Crippen LogP contribution in [-0.2, 0) is 11.2 Å². The van der Waals surface area contributed by atoms with Gasteiger partial charge in [0.25, 0.3) is 0 Å². The van der Waals surface area contributed by atoms with E-state index in [4.69, 9.17) is 5.73 Å². The number of fused-ring (bicyclic) bond motifs is 2. The van der Waals surface area contributed by atoms with Crippen molar-refractivity contribution in [2.24, 2.45) is 11.7 Å². The lowest BCUT2D eigenvalue weighted by molar-refractivity contribution is -0.123. The topological polar surface area (TPSA) is 46.3 Å². The third-order valence-electron chi connectivity index (χ3n) is 5.93. The van der Waals surface area contributed by atoms with Crippen molar-refractivity contribution in [3.63, 3.8) is 0 Å². The van der Waals surface area contributed by atoms with Gasteiger partial charge < -0.3 is 5.73 Å². The van der Waals surface area contributed by atoms with E-state index in [1.54, 1.807) is 0 Å². The fraction of sp³-hybridized carbons (Fsp3) is 0.611. The van der Waals surface area contributed by atoms with Gasteiger partial charge in [0.15, 0.2) is 0 Å². The Labute approximate surface area is 126 Å². The lowest BCUT2D eigenvalue weighted by Gasteiger charge is -2.37. The number of primary amides is 1. The number of nitrogens with two attached hydrogens (primary N) is 1. The largest absolute Gasteiger partial charge is 0.368 e. The Morgan fingerprint density at radius 3 is 2.81 bits per heavy atom. The Morgan fingerprint density at radius 2 is 1.95 bits per heavy atom. The quantitative estimate of drug-likeness (QED) is 0.907. The van der Waals surface area contributed by atoms with Crippen LogP contribution in [0.5, 0.6) is 0 Å². The van der Waals surface area contributed by atoms with E-state index >= 15 is 0 Å². The molecule has 2 fully saturated rings. The molecule has 2 N–H and O–H groups in total. The summed E-state index contributed by atoms with van der Waals surface area (Å²) in [5.74, 6) is 0.567. The van der Waals surface area contributed by atoms with Gasteiger partial charge in [-0.2, -0.15) is 0 Å². The van der Waals surface area contributed by atoms with Crippen LogP contribution < -0.4 is 5.73 Å². The molecule has 21 heavy (non-hydrogen) atoms. The van der Waals surface area contributed by atoms with Crippen molar-refractivity contribution in [1.29, 1.82) is 0 Å². The molecule has 4 rings (SSSR count). The Hall–Kier alpha value is -1.35. The number of benzene rings is 1. The molecule has 1 saturated carbocycles. The van der Waals surface area contributed by atoms with Crippen molar-refractivity contribution in [2.45, 2.75) is 63.1 Å². The maximum absolute atomic E-state index is 12.0. The summed E-state index contributed by atoms with van der Waals surface area (Å²) in [6.45, 7) is 0. The van der Waals surface area contributed by atoms with Crippen LogP contribution in [0.15, 0.2) is 24.3 Å². The van der Waals surface area contributed by atoms with Crippen LogP contribution in [0.2, 0.25) is 0 Å². The number of carbonyl (C=O) groups is 1. The molecule has 3 unspecified atom stereocenters. The first-order chi connectivity index (χ1) is 10.3. The number of amides is 1. The van der Waals surface area contributed by atoms with E-state index < -0.39 is 0 Å². The monoisotopic (exact) mass is 284 g/mol. The molecule has 4 atom stereocenters. The van der Waals surface area contributed by atoms with Gasteiger partial charge in [-0.25, -0.2) is 0 Å². The smallest absolute Gasteiger partial charge is 0.234 e. The van der Waals surface area contributed by atoms with E-state index in [0.717, 1.165) is 19.3 Å². The first-order valence-corrected chi connectivity index (χ1v) is 8.40. The fourth-order valence-corrected chi connectivity index (χ4v) is 5.05. The van der Waals surface area contributed by atoms with Crippen molar-refractivity contribution in [3.8, 4) is 0 Å². The third kappa shape index (κ3) is 2.10. The van der Waals surface area contributed by atoms with Gasteiger partial charge in [-0.3, -0.25) is 9.69 Å². The molecule has 1 aromatic rings. The van der Waals surface area contributed by atoms with Crippen LogP contribution >= 0.6 is 0 Å². The highest BCUT2D eigenvalue weighted by molar-refractivity contribution is 5.80. The minimum atomic E-state index is -0.117. The molecular formula is C18H24N2O. The van der Waals surface area contributed by atoms with Gasteiger partial charge in [0.1, 0.15) is 0 Å². The number of aryl methyl sites for hydroxylation is 1. The lowest BCUT2D eigenvalue weighted by Crippen LogP contribution is -2.46. The number of nitrogens with zero attached hydrogens (tertiary/aromatic N) is 1. The first-order valence-electron chi connectivity index (χ1n) is 8.40. The number of likely N-dealkylation sites (tertiary alicyclic amines) is 1. The molecule has 112 valence electrons. The summed E-state index contributed by atoms with van der Waals surface area (Å²) in [7, 11) is 0. The van der Waals surface area contributed by atoms with Gasteiger partial charge in [-0.15, -0.1) is 0 Å².